The maximum atomic E-state index is 6.04. The van der Waals surface area contributed by atoms with Gasteiger partial charge in [0.2, 0.25) is 0 Å². The molecule has 25 heavy (non-hydrogen) atoms. The minimum Gasteiger partial charge on any atom is -0.493 e. The lowest BCUT2D eigenvalue weighted by molar-refractivity contribution is 0.0573. The van der Waals surface area contributed by atoms with E-state index in [4.69, 9.17) is 19.9 Å². The third-order valence-corrected chi connectivity index (χ3v) is 4.92. The molecule has 1 saturated carbocycles. The van der Waals surface area contributed by atoms with Gasteiger partial charge in [-0.3, -0.25) is 0 Å². The molecule has 0 bridgehead atoms. The van der Waals surface area contributed by atoms with Crippen molar-refractivity contribution in [1.82, 2.24) is 5.32 Å². The lowest BCUT2D eigenvalue weighted by Crippen LogP contribution is -2.45. The van der Waals surface area contributed by atoms with Crippen LogP contribution >= 0.6 is 0 Å². The second-order valence-corrected chi connectivity index (χ2v) is 6.54. The normalized spacial score (nSPS) is 16.2. The first kappa shape index (κ1) is 19.4. The third-order valence-electron chi connectivity index (χ3n) is 4.92. The molecule has 1 aromatic rings. The highest BCUT2D eigenvalue weighted by Crippen LogP contribution is 2.43. The largest absolute Gasteiger partial charge is 0.493 e. The number of nitrogens with zero attached hydrogens (tertiary/aromatic N) is 1. The molecule has 3 N–H and O–H groups in total. The van der Waals surface area contributed by atoms with Gasteiger partial charge in [0, 0.05) is 19.8 Å². The van der Waals surface area contributed by atoms with Crippen LogP contribution in [0.2, 0.25) is 0 Å². The molecule has 0 amide bonds. The number of methoxy groups -OCH3 is 2. The van der Waals surface area contributed by atoms with E-state index in [2.05, 4.69) is 10.3 Å². The number of nitrogens with two attached hydrogens (primary N) is 1. The van der Waals surface area contributed by atoms with Crippen molar-refractivity contribution in [3.63, 3.8) is 0 Å². The van der Waals surface area contributed by atoms with E-state index < -0.39 is 0 Å². The number of nitrogens with one attached hydrogen (secondary N) is 1. The maximum absolute atomic E-state index is 6.04. The molecule has 0 spiro atoms. The molecule has 0 unspecified atom stereocenters. The van der Waals surface area contributed by atoms with Gasteiger partial charge in [-0.25, -0.2) is 4.99 Å². The fraction of sp³-hybridized carbons (Fsp3) is 0.632. The van der Waals surface area contributed by atoms with Crippen LogP contribution in [0.15, 0.2) is 23.2 Å². The highest BCUT2D eigenvalue weighted by atomic mass is 16.5. The maximum Gasteiger partial charge on any atom is 0.188 e. The van der Waals surface area contributed by atoms with E-state index in [0.29, 0.717) is 29.4 Å². The van der Waals surface area contributed by atoms with Crippen molar-refractivity contribution < 1.29 is 14.2 Å². The molecule has 140 valence electrons. The van der Waals surface area contributed by atoms with E-state index >= 15 is 0 Å². The molecule has 6 heteroatoms. The zero-order valence-corrected chi connectivity index (χ0v) is 15.6. The average Bonchev–Trinajstić information content (AvgIpc) is 2.61. The molecule has 0 aromatic heterocycles. The van der Waals surface area contributed by atoms with E-state index in [9.17, 15) is 0 Å². The fourth-order valence-corrected chi connectivity index (χ4v) is 3.11. The van der Waals surface area contributed by atoms with Crippen LogP contribution in [0.3, 0.4) is 0 Å². The van der Waals surface area contributed by atoms with Crippen LogP contribution in [0, 0.1) is 5.41 Å². The Morgan fingerprint density at radius 2 is 2.00 bits per heavy atom. The number of ether oxygens (including phenoxy) is 3. The molecule has 0 aliphatic heterocycles. The first-order valence-electron chi connectivity index (χ1n) is 8.95. The number of guanidine groups is 1. The van der Waals surface area contributed by atoms with Crippen LogP contribution in [0.4, 0.5) is 0 Å². The summed E-state index contributed by atoms with van der Waals surface area (Å²) in [5.74, 6) is 1.89. The van der Waals surface area contributed by atoms with Crippen LogP contribution in [0.5, 0.6) is 11.5 Å². The van der Waals surface area contributed by atoms with Gasteiger partial charge in [0.15, 0.2) is 17.5 Å². The molecular formula is C19H31N3O3. The summed E-state index contributed by atoms with van der Waals surface area (Å²) in [7, 11) is 3.25. The van der Waals surface area contributed by atoms with Gasteiger partial charge in [-0.2, -0.15) is 0 Å². The summed E-state index contributed by atoms with van der Waals surface area (Å²) in [4.78, 5) is 4.44. The van der Waals surface area contributed by atoms with Crippen molar-refractivity contribution in [3.05, 3.63) is 23.8 Å². The molecule has 0 atom stereocenters. The second kappa shape index (κ2) is 9.51. The predicted octanol–water partition coefficient (Wildman–Crippen LogP) is 2.71. The van der Waals surface area contributed by atoms with E-state index in [1.165, 1.54) is 19.3 Å². The Morgan fingerprint density at radius 3 is 2.60 bits per heavy atom. The van der Waals surface area contributed by atoms with Gasteiger partial charge in [0.05, 0.1) is 20.8 Å². The number of aliphatic imine (C=N–C) groups is 1. The van der Waals surface area contributed by atoms with Crippen molar-refractivity contribution in [3.8, 4) is 11.5 Å². The predicted molar refractivity (Wildman–Crippen MR) is 100 cm³/mol. The van der Waals surface area contributed by atoms with Crippen molar-refractivity contribution in [2.75, 3.05) is 34.0 Å². The number of benzene rings is 1. The summed E-state index contributed by atoms with van der Waals surface area (Å²) in [5, 5.41) is 3.29. The number of hydrogen-bond donors (Lipinski definition) is 2. The first-order valence-corrected chi connectivity index (χ1v) is 8.95. The lowest BCUT2D eigenvalue weighted by atomic mass is 9.67. The zero-order valence-electron chi connectivity index (χ0n) is 15.6. The molecule has 0 heterocycles. The van der Waals surface area contributed by atoms with Crippen molar-refractivity contribution >= 4 is 5.96 Å². The molecule has 2 rings (SSSR count). The topological polar surface area (TPSA) is 78.1 Å². The molecule has 0 saturated heterocycles. The summed E-state index contributed by atoms with van der Waals surface area (Å²) in [5.41, 5.74) is 7.38. The van der Waals surface area contributed by atoms with E-state index in [1.807, 2.05) is 25.1 Å². The van der Waals surface area contributed by atoms with Gasteiger partial charge in [0.1, 0.15) is 0 Å². The van der Waals surface area contributed by atoms with Gasteiger partial charge in [-0.05, 0) is 49.3 Å². The molecule has 6 nitrogen and oxygen atoms in total. The Hall–Kier alpha value is -1.95. The second-order valence-electron chi connectivity index (χ2n) is 6.54. The van der Waals surface area contributed by atoms with Gasteiger partial charge < -0.3 is 25.3 Å². The average molecular weight is 349 g/mol. The van der Waals surface area contributed by atoms with Crippen LogP contribution in [-0.4, -0.2) is 39.9 Å². The smallest absolute Gasteiger partial charge is 0.188 e. The molecule has 1 aliphatic rings. The molecule has 1 aromatic carbocycles. The Morgan fingerprint density at radius 1 is 1.24 bits per heavy atom. The van der Waals surface area contributed by atoms with Crippen molar-refractivity contribution in [2.24, 2.45) is 16.1 Å². The Kier molecular flexibility index (Phi) is 7.37. The van der Waals surface area contributed by atoms with Crippen LogP contribution < -0.4 is 20.5 Å². The SMILES string of the molecule is CCOCCC1(CNC(N)=NCc2ccc(OC)c(OC)c2)CCC1. The van der Waals surface area contributed by atoms with E-state index in [1.54, 1.807) is 14.2 Å². The summed E-state index contributed by atoms with van der Waals surface area (Å²) in [6, 6.07) is 5.77. The lowest BCUT2D eigenvalue weighted by Gasteiger charge is -2.42. The summed E-state index contributed by atoms with van der Waals surface area (Å²) < 4.78 is 16.1. The Labute approximate surface area is 150 Å². The van der Waals surface area contributed by atoms with E-state index in [0.717, 1.165) is 31.7 Å². The van der Waals surface area contributed by atoms with Gasteiger partial charge in [-0.1, -0.05) is 12.5 Å². The number of rotatable bonds is 10. The molecular weight excluding hydrogens is 318 g/mol. The number of hydrogen-bond acceptors (Lipinski definition) is 4. The van der Waals surface area contributed by atoms with Crippen LogP contribution in [0.1, 0.15) is 38.2 Å². The minimum atomic E-state index is 0.318. The van der Waals surface area contributed by atoms with Gasteiger partial charge in [0.25, 0.3) is 0 Å². The monoisotopic (exact) mass is 349 g/mol. The van der Waals surface area contributed by atoms with Gasteiger partial charge >= 0.3 is 0 Å². The van der Waals surface area contributed by atoms with Crippen molar-refractivity contribution in [2.45, 2.75) is 39.2 Å². The quantitative estimate of drug-likeness (QED) is 0.386. The molecule has 1 aliphatic carbocycles. The molecule has 0 radical (unpaired) electrons. The van der Waals surface area contributed by atoms with Crippen LogP contribution in [0.25, 0.3) is 0 Å². The zero-order chi connectivity index (χ0) is 18.1. The molecule has 1 fully saturated rings. The third kappa shape index (κ3) is 5.53. The highest BCUT2D eigenvalue weighted by Gasteiger charge is 2.36. The highest BCUT2D eigenvalue weighted by molar-refractivity contribution is 5.77. The summed E-state index contributed by atoms with van der Waals surface area (Å²) in [6.45, 7) is 5.00. The Bertz CT molecular complexity index is 571. The fourth-order valence-electron chi connectivity index (χ4n) is 3.11. The summed E-state index contributed by atoms with van der Waals surface area (Å²) >= 11 is 0. The first-order chi connectivity index (χ1) is 12.1. The van der Waals surface area contributed by atoms with Crippen molar-refractivity contribution in [1.29, 1.82) is 0 Å². The minimum absolute atomic E-state index is 0.318. The van der Waals surface area contributed by atoms with E-state index in [-0.39, 0.29) is 0 Å². The Balaban J connectivity index is 1.85. The standard InChI is InChI=1S/C19H31N3O3/c1-4-25-11-10-19(8-5-9-19)14-22-18(20)21-13-15-6-7-16(23-2)17(12-15)24-3/h6-7,12H,4-5,8-11,13-14H2,1-3H3,(H3,20,21,22). The summed E-state index contributed by atoms with van der Waals surface area (Å²) in [6.07, 6.45) is 4.83. The van der Waals surface area contributed by atoms with Crippen LogP contribution in [-0.2, 0) is 11.3 Å². The van der Waals surface area contributed by atoms with Gasteiger partial charge in [-0.15, -0.1) is 0 Å².